The van der Waals surface area contributed by atoms with Crippen LogP contribution in [0, 0.1) is 17.8 Å². The first-order valence-electron chi connectivity index (χ1n) is 10.4. The molecular formula is C22H34N2O2. The topological polar surface area (TPSA) is 47.6 Å². The first-order valence-corrected chi connectivity index (χ1v) is 10.4. The Balaban J connectivity index is 1.80. The van der Waals surface area contributed by atoms with Crippen LogP contribution in [-0.2, 0) is 22.1 Å². The molecule has 1 aliphatic heterocycles. The Bertz CT molecular complexity index is 730. The highest BCUT2D eigenvalue weighted by Gasteiger charge is 2.63. The van der Waals surface area contributed by atoms with Crippen LogP contribution in [0.25, 0.3) is 0 Å². The number of fused-ring (bicyclic) bond motifs is 4. The summed E-state index contributed by atoms with van der Waals surface area (Å²) in [6, 6.07) is 0. The molecule has 26 heavy (non-hydrogen) atoms. The van der Waals surface area contributed by atoms with E-state index in [-0.39, 0.29) is 16.4 Å². The zero-order chi connectivity index (χ0) is 18.9. The van der Waals surface area contributed by atoms with Gasteiger partial charge in [-0.15, -0.1) is 0 Å². The zero-order valence-corrected chi connectivity index (χ0v) is 17.5. The first kappa shape index (κ1) is 18.1. The molecule has 0 N–H and O–H groups in total. The summed E-state index contributed by atoms with van der Waals surface area (Å²) in [5.74, 6) is 2.35. The lowest BCUT2D eigenvalue weighted by Crippen LogP contribution is -2.48. The van der Waals surface area contributed by atoms with Gasteiger partial charge in [-0.3, -0.25) is 0 Å². The lowest BCUT2D eigenvalue weighted by molar-refractivity contribution is -0.113. The Morgan fingerprint density at radius 3 is 2.38 bits per heavy atom. The lowest BCUT2D eigenvalue weighted by atomic mass is 9.65. The maximum Gasteiger partial charge on any atom is 0.150 e. The van der Waals surface area contributed by atoms with E-state index in [0.29, 0.717) is 17.8 Å². The molecule has 1 unspecified atom stereocenters. The van der Waals surface area contributed by atoms with Crippen LogP contribution in [0.15, 0.2) is 9.68 Å². The second-order valence-corrected chi connectivity index (χ2v) is 10.3. The van der Waals surface area contributed by atoms with Crippen molar-refractivity contribution in [2.75, 3.05) is 0 Å². The van der Waals surface area contributed by atoms with Crippen LogP contribution in [0.1, 0.15) is 91.2 Å². The minimum absolute atomic E-state index is 0.00920. The molecule has 2 heterocycles. The number of nitrogens with zero attached hydrogens (tertiary/aromatic N) is 2. The van der Waals surface area contributed by atoms with Gasteiger partial charge in [-0.05, 0) is 43.9 Å². The summed E-state index contributed by atoms with van der Waals surface area (Å²) in [5, 5.41) is 9.42. The third kappa shape index (κ3) is 2.13. The van der Waals surface area contributed by atoms with E-state index in [1.54, 1.807) is 0 Å². The third-order valence-corrected chi connectivity index (χ3v) is 7.28. The molecule has 0 radical (unpaired) electrons. The molecule has 4 rings (SSSR count). The summed E-state index contributed by atoms with van der Waals surface area (Å²) < 4.78 is 5.92. The summed E-state index contributed by atoms with van der Waals surface area (Å²) >= 11 is 0. The van der Waals surface area contributed by atoms with Gasteiger partial charge in [0.2, 0.25) is 0 Å². The minimum Gasteiger partial charge on any atom is -0.388 e. The van der Waals surface area contributed by atoms with Crippen LogP contribution in [0.5, 0.6) is 0 Å². The Kier molecular flexibility index (Phi) is 3.88. The number of oxime groups is 1. The van der Waals surface area contributed by atoms with Crippen molar-refractivity contribution in [1.29, 1.82) is 0 Å². The van der Waals surface area contributed by atoms with E-state index in [2.05, 4.69) is 53.6 Å². The predicted molar refractivity (Wildman–Crippen MR) is 103 cm³/mol. The predicted octanol–water partition coefficient (Wildman–Crippen LogP) is 5.39. The van der Waals surface area contributed by atoms with Gasteiger partial charge in [-0.25, -0.2) is 0 Å². The monoisotopic (exact) mass is 358 g/mol. The van der Waals surface area contributed by atoms with Crippen molar-refractivity contribution in [3.8, 4) is 0 Å². The normalized spacial score (nSPS) is 29.9. The average Bonchev–Trinajstić information content (AvgIpc) is 3.21. The van der Waals surface area contributed by atoms with Gasteiger partial charge in [0.1, 0.15) is 11.4 Å². The molecule has 4 heteroatoms. The highest BCUT2D eigenvalue weighted by Crippen LogP contribution is 2.58. The molecular weight excluding hydrogens is 324 g/mol. The molecule has 144 valence electrons. The van der Waals surface area contributed by atoms with Crippen molar-refractivity contribution in [2.45, 2.75) is 97.0 Å². The lowest BCUT2D eigenvalue weighted by Gasteiger charge is -2.39. The summed E-state index contributed by atoms with van der Waals surface area (Å²) in [7, 11) is 0. The zero-order valence-electron chi connectivity index (χ0n) is 17.5. The number of aromatic nitrogens is 1. The van der Waals surface area contributed by atoms with Gasteiger partial charge in [-0.1, -0.05) is 58.8 Å². The molecule has 1 spiro atoms. The average molecular weight is 359 g/mol. The van der Waals surface area contributed by atoms with Crippen LogP contribution in [0.2, 0.25) is 0 Å². The third-order valence-electron chi connectivity index (χ3n) is 7.28. The molecule has 0 bridgehead atoms. The molecule has 3 aliphatic rings. The highest BCUT2D eigenvalue weighted by molar-refractivity contribution is 6.00. The Labute approximate surface area is 157 Å². The summed E-state index contributed by atoms with van der Waals surface area (Å²) in [5.41, 5.74) is 3.53. The van der Waals surface area contributed by atoms with E-state index in [9.17, 15) is 0 Å². The number of hydrogen-bond acceptors (Lipinski definition) is 4. The maximum atomic E-state index is 6.28. The van der Waals surface area contributed by atoms with Crippen LogP contribution < -0.4 is 0 Å². The molecule has 2 atom stereocenters. The SMILES string of the molecule is CC(C)C1(C(C)C)ON=C2C1CC[C@]21CCCc2c1noc2C(C)(C)C. The van der Waals surface area contributed by atoms with Crippen molar-refractivity contribution in [2.24, 2.45) is 22.9 Å². The molecule has 1 aromatic rings. The first-order chi connectivity index (χ1) is 12.1. The van der Waals surface area contributed by atoms with Gasteiger partial charge in [-0.2, -0.15) is 0 Å². The second kappa shape index (κ2) is 5.59. The molecule has 1 aromatic heterocycles. The maximum absolute atomic E-state index is 6.28. The van der Waals surface area contributed by atoms with E-state index >= 15 is 0 Å². The van der Waals surface area contributed by atoms with E-state index < -0.39 is 0 Å². The van der Waals surface area contributed by atoms with Crippen molar-refractivity contribution in [3.63, 3.8) is 0 Å². The van der Waals surface area contributed by atoms with Crippen LogP contribution >= 0.6 is 0 Å². The van der Waals surface area contributed by atoms with Gasteiger partial charge >= 0.3 is 0 Å². The van der Waals surface area contributed by atoms with E-state index in [4.69, 9.17) is 14.5 Å². The standard InChI is InChI=1S/C22H34N2O2/c1-13(2)22(14(3)4)16-10-12-21(18(16)24-26-22)11-8-9-15-17(21)23-25-19(15)20(5,6)7/h13-14,16H,8-12H2,1-7H3/t16?,21-/m0/s1. The van der Waals surface area contributed by atoms with Gasteiger partial charge in [0.05, 0.1) is 16.8 Å². The van der Waals surface area contributed by atoms with Crippen molar-refractivity contribution < 1.29 is 9.36 Å². The molecule has 2 aliphatic carbocycles. The molecule has 1 saturated carbocycles. The minimum atomic E-state index is -0.174. The fourth-order valence-corrected chi connectivity index (χ4v) is 6.14. The fourth-order valence-electron chi connectivity index (χ4n) is 6.14. The molecule has 0 aromatic carbocycles. The number of hydrogen-bond donors (Lipinski definition) is 0. The van der Waals surface area contributed by atoms with Gasteiger partial charge in [0.15, 0.2) is 0 Å². The van der Waals surface area contributed by atoms with Gasteiger partial charge < -0.3 is 9.36 Å². The molecule has 1 fully saturated rings. The van der Waals surface area contributed by atoms with Gasteiger partial charge in [0.25, 0.3) is 0 Å². The number of rotatable bonds is 2. The van der Waals surface area contributed by atoms with Crippen LogP contribution in [0.3, 0.4) is 0 Å². The van der Waals surface area contributed by atoms with Gasteiger partial charge in [0, 0.05) is 16.9 Å². The van der Waals surface area contributed by atoms with Crippen LogP contribution in [-0.4, -0.2) is 16.5 Å². The molecule has 4 nitrogen and oxygen atoms in total. The van der Waals surface area contributed by atoms with Crippen molar-refractivity contribution in [1.82, 2.24) is 5.16 Å². The summed E-state index contributed by atoms with van der Waals surface area (Å²) in [6.45, 7) is 15.8. The quantitative estimate of drug-likeness (QED) is 0.712. The van der Waals surface area contributed by atoms with E-state index in [1.807, 2.05) is 0 Å². The fraction of sp³-hybridized carbons (Fsp3) is 0.818. The molecule has 0 saturated heterocycles. The Hall–Kier alpha value is -1.32. The van der Waals surface area contributed by atoms with E-state index in [1.165, 1.54) is 23.4 Å². The second-order valence-electron chi connectivity index (χ2n) is 10.3. The largest absolute Gasteiger partial charge is 0.388 e. The highest BCUT2D eigenvalue weighted by atomic mass is 16.7. The summed E-state index contributed by atoms with van der Waals surface area (Å²) in [4.78, 5) is 6.28. The van der Waals surface area contributed by atoms with E-state index in [0.717, 1.165) is 31.4 Å². The smallest absolute Gasteiger partial charge is 0.150 e. The van der Waals surface area contributed by atoms with Crippen molar-refractivity contribution in [3.05, 3.63) is 17.0 Å². The summed E-state index contributed by atoms with van der Waals surface area (Å²) in [6.07, 6.45) is 5.66. The Morgan fingerprint density at radius 2 is 1.77 bits per heavy atom. The molecule has 0 amide bonds. The van der Waals surface area contributed by atoms with Crippen LogP contribution in [0.4, 0.5) is 0 Å². The van der Waals surface area contributed by atoms with Crippen molar-refractivity contribution >= 4 is 5.71 Å². The Morgan fingerprint density at radius 1 is 1.08 bits per heavy atom.